The van der Waals surface area contributed by atoms with Gasteiger partial charge < -0.3 is 0 Å². The Morgan fingerprint density at radius 2 is 2.00 bits per heavy atom. The first kappa shape index (κ1) is 11.9. The molecule has 0 saturated heterocycles. The normalized spacial score (nSPS) is 12.5. The Hall–Kier alpha value is -1.16. The molecule has 1 nitrogen and oxygen atoms in total. The molecule has 0 bridgehead atoms. The average Bonchev–Trinajstić information content (AvgIpc) is 2.28. The highest BCUT2D eigenvalue weighted by Gasteiger charge is 1.82. The van der Waals surface area contributed by atoms with Gasteiger partial charge in [0.2, 0.25) is 0 Å². The highest BCUT2D eigenvalue weighted by atomic mass is 127. The van der Waals surface area contributed by atoms with Crippen LogP contribution in [-0.2, 0) is 0 Å². The lowest BCUT2D eigenvalue weighted by molar-refractivity contribution is 1.56. The Morgan fingerprint density at radius 1 is 1.27 bits per heavy atom. The van der Waals surface area contributed by atoms with E-state index in [0.717, 1.165) is 9.14 Å². The van der Waals surface area contributed by atoms with Crippen molar-refractivity contribution in [2.45, 2.75) is 0 Å². The van der Waals surface area contributed by atoms with Crippen molar-refractivity contribution in [3.8, 4) is 0 Å². The number of hydrogen-bond acceptors (Lipinski definition) is 1. The highest BCUT2D eigenvalue weighted by molar-refractivity contribution is 14.1. The molecule has 76 valence electrons. The van der Waals surface area contributed by atoms with Crippen LogP contribution in [0.25, 0.3) is 0 Å². The van der Waals surface area contributed by atoms with Crippen molar-refractivity contribution in [3.05, 3.63) is 70.5 Å². The molecule has 0 aliphatic carbocycles. The molecule has 0 atom stereocenters. The van der Waals surface area contributed by atoms with Gasteiger partial charge >= 0.3 is 0 Å². The molecule has 0 fully saturated rings. The predicted molar refractivity (Wildman–Crippen MR) is 75.5 cm³/mol. The maximum Gasteiger partial charge on any atom is 0.0401 e. The van der Waals surface area contributed by atoms with Gasteiger partial charge in [0.15, 0.2) is 0 Å². The Labute approximate surface area is 104 Å². The second-order valence-electron chi connectivity index (χ2n) is 2.80. The van der Waals surface area contributed by atoms with Crippen molar-refractivity contribution in [3.63, 3.8) is 0 Å². The van der Waals surface area contributed by atoms with E-state index in [-0.39, 0.29) is 0 Å². The first-order valence-electron chi connectivity index (χ1n) is 4.56. The van der Waals surface area contributed by atoms with Crippen LogP contribution in [-0.4, -0.2) is 6.21 Å². The Kier molecular flexibility index (Phi) is 5.70. The van der Waals surface area contributed by atoms with Crippen LogP contribution in [0.2, 0.25) is 0 Å². The number of benzene rings is 1. The van der Waals surface area contributed by atoms with E-state index in [1.165, 1.54) is 0 Å². The van der Waals surface area contributed by atoms with Crippen LogP contribution in [0, 0.1) is 0 Å². The zero-order valence-corrected chi connectivity index (χ0v) is 10.5. The summed E-state index contributed by atoms with van der Waals surface area (Å²) in [4.78, 5) is 4.21. The third-order valence-electron chi connectivity index (χ3n) is 1.61. The van der Waals surface area contributed by atoms with Gasteiger partial charge in [-0.05, 0) is 34.2 Å². The summed E-state index contributed by atoms with van der Waals surface area (Å²) in [6, 6.07) is 10.0. The van der Waals surface area contributed by atoms with E-state index >= 15 is 0 Å². The Morgan fingerprint density at radius 3 is 2.67 bits per heavy atom. The largest absolute Gasteiger partial charge is 0.263 e. The van der Waals surface area contributed by atoms with Gasteiger partial charge in [-0.15, -0.1) is 0 Å². The zero-order valence-electron chi connectivity index (χ0n) is 8.31. The molecule has 2 heteroatoms. The summed E-state index contributed by atoms with van der Waals surface area (Å²) in [6.07, 6.45) is 9.23. The number of halogens is 1. The van der Waals surface area contributed by atoms with Gasteiger partial charge in [0.25, 0.3) is 0 Å². The smallest absolute Gasteiger partial charge is 0.0401 e. The number of aliphatic imine (C=N–C) groups is 1. The maximum atomic E-state index is 4.21. The molecular formula is C13H12IN. The monoisotopic (exact) mass is 309 g/mol. The van der Waals surface area contributed by atoms with Crippen LogP contribution in [0.1, 0.15) is 5.56 Å². The number of rotatable bonds is 4. The third kappa shape index (κ3) is 5.32. The van der Waals surface area contributed by atoms with Crippen LogP contribution in [0.3, 0.4) is 0 Å². The van der Waals surface area contributed by atoms with Crippen LogP contribution in [0.15, 0.2) is 69.9 Å². The van der Waals surface area contributed by atoms with Crippen LogP contribution >= 0.6 is 22.6 Å². The van der Waals surface area contributed by atoms with E-state index in [0.29, 0.717) is 0 Å². The molecule has 0 amide bonds. The lowest BCUT2D eigenvalue weighted by atomic mass is 10.2. The molecule has 0 aliphatic rings. The van der Waals surface area contributed by atoms with Crippen molar-refractivity contribution in [1.29, 1.82) is 0 Å². The van der Waals surface area contributed by atoms with Gasteiger partial charge in [0.1, 0.15) is 0 Å². The van der Waals surface area contributed by atoms with Crippen LogP contribution in [0.5, 0.6) is 0 Å². The van der Waals surface area contributed by atoms with Gasteiger partial charge in [0.05, 0.1) is 0 Å². The van der Waals surface area contributed by atoms with Gasteiger partial charge in [0, 0.05) is 16.0 Å². The van der Waals surface area contributed by atoms with E-state index in [2.05, 4.69) is 34.2 Å². The van der Waals surface area contributed by atoms with Crippen molar-refractivity contribution in [2.75, 3.05) is 0 Å². The molecule has 0 spiro atoms. The summed E-state index contributed by atoms with van der Waals surface area (Å²) in [5, 5.41) is 0. The fraction of sp³-hybridized carbons (Fsp3) is 0. The minimum atomic E-state index is 1.07. The Bertz CT molecular complexity index is 388. The molecule has 15 heavy (non-hydrogen) atoms. The molecule has 1 aromatic rings. The minimum Gasteiger partial charge on any atom is -0.263 e. The van der Waals surface area contributed by atoms with Gasteiger partial charge in [-0.2, -0.15) is 0 Å². The average molecular weight is 309 g/mol. The standard InChI is InChI=1S/C13H12IN/c1-2-3-9-13(14)11-15-10-12-7-5-4-6-8-12/h2-11H,1H2/b9-3-,13-11+,15-10?. The zero-order chi connectivity index (χ0) is 10.9. The van der Waals surface area contributed by atoms with Gasteiger partial charge in [-0.1, -0.05) is 49.1 Å². The predicted octanol–water partition coefficient (Wildman–Crippen LogP) is 4.12. The lowest BCUT2D eigenvalue weighted by Crippen LogP contribution is -1.76. The first-order valence-corrected chi connectivity index (χ1v) is 5.64. The van der Waals surface area contributed by atoms with Crippen molar-refractivity contribution >= 4 is 28.8 Å². The highest BCUT2D eigenvalue weighted by Crippen LogP contribution is 2.07. The lowest BCUT2D eigenvalue weighted by Gasteiger charge is -1.88. The van der Waals surface area contributed by atoms with E-state index in [9.17, 15) is 0 Å². The van der Waals surface area contributed by atoms with Crippen LogP contribution in [0.4, 0.5) is 0 Å². The molecule has 0 N–H and O–H groups in total. The van der Waals surface area contributed by atoms with Crippen LogP contribution < -0.4 is 0 Å². The summed E-state index contributed by atoms with van der Waals surface area (Å²) in [6.45, 7) is 3.60. The maximum absolute atomic E-state index is 4.21. The van der Waals surface area contributed by atoms with E-state index < -0.39 is 0 Å². The molecule has 0 aliphatic heterocycles. The van der Waals surface area contributed by atoms with Gasteiger partial charge in [-0.25, -0.2) is 0 Å². The molecule has 0 aromatic heterocycles. The second-order valence-corrected chi connectivity index (χ2v) is 4.04. The molecule has 1 aromatic carbocycles. The molecule has 0 radical (unpaired) electrons. The number of allylic oxidation sites excluding steroid dienone is 4. The first-order chi connectivity index (χ1) is 7.33. The van der Waals surface area contributed by atoms with Crippen molar-refractivity contribution < 1.29 is 0 Å². The minimum absolute atomic E-state index is 1.07. The van der Waals surface area contributed by atoms with E-state index in [1.807, 2.05) is 54.9 Å². The van der Waals surface area contributed by atoms with E-state index in [1.54, 1.807) is 6.08 Å². The second kappa shape index (κ2) is 7.17. The number of nitrogens with zero attached hydrogens (tertiary/aromatic N) is 1. The van der Waals surface area contributed by atoms with Gasteiger partial charge in [-0.3, -0.25) is 4.99 Å². The quantitative estimate of drug-likeness (QED) is 0.451. The topological polar surface area (TPSA) is 12.4 Å². The fourth-order valence-electron chi connectivity index (χ4n) is 0.937. The summed E-state index contributed by atoms with van der Waals surface area (Å²) in [5.41, 5.74) is 1.10. The molecule has 1 rings (SSSR count). The Balaban J connectivity index is 2.59. The molecule has 0 saturated carbocycles. The molecular weight excluding hydrogens is 297 g/mol. The molecule has 0 heterocycles. The number of hydrogen-bond donors (Lipinski definition) is 0. The summed E-state index contributed by atoms with van der Waals surface area (Å²) in [5.74, 6) is 0. The third-order valence-corrected chi connectivity index (χ3v) is 2.25. The van der Waals surface area contributed by atoms with Crippen molar-refractivity contribution in [2.24, 2.45) is 4.99 Å². The fourth-order valence-corrected chi connectivity index (χ4v) is 1.31. The van der Waals surface area contributed by atoms with E-state index in [4.69, 9.17) is 0 Å². The molecule has 0 unspecified atom stereocenters. The van der Waals surface area contributed by atoms with Crippen molar-refractivity contribution in [1.82, 2.24) is 0 Å². The summed E-state index contributed by atoms with van der Waals surface area (Å²) in [7, 11) is 0. The SMILES string of the molecule is C=C/C=C\C(I)=C/N=Cc1ccccc1. The summed E-state index contributed by atoms with van der Waals surface area (Å²) >= 11 is 2.22. The summed E-state index contributed by atoms with van der Waals surface area (Å²) < 4.78 is 1.07.